The minimum Gasteiger partial charge on any atom is -0.508 e. The van der Waals surface area contributed by atoms with Gasteiger partial charge in [0.25, 0.3) is 0 Å². The highest BCUT2D eigenvalue weighted by molar-refractivity contribution is 7.89. The van der Waals surface area contributed by atoms with Crippen LogP contribution in [0.1, 0.15) is 13.8 Å². The van der Waals surface area contributed by atoms with Crippen molar-refractivity contribution in [2.24, 2.45) is 5.92 Å². The first-order valence-electron chi connectivity index (χ1n) is 5.67. The zero-order valence-corrected chi connectivity index (χ0v) is 11.6. The van der Waals surface area contributed by atoms with E-state index < -0.39 is 10.0 Å². The fraction of sp³-hybridized carbons (Fsp3) is 0.500. The fourth-order valence-electron chi connectivity index (χ4n) is 1.46. The van der Waals surface area contributed by atoms with E-state index in [0.717, 1.165) is 0 Å². The van der Waals surface area contributed by atoms with Gasteiger partial charge in [-0.05, 0) is 24.1 Å². The van der Waals surface area contributed by atoms with E-state index in [1.54, 1.807) is 0 Å². The molecule has 0 aliphatic carbocycles. The highest BCUT2D eigenvalue weighted by Crippen LogP contribution is 2.17. The van der Waals surface area contributed by atoms with Crippen molar-refractivity contribution < 1.29 is 18.3 Å². The third kappa shape index (κ3) is 3.97. The zero-order valence-electron chi connectivity index (χ0n) is 10.8. The topological polar surface area (TPSA) is 75.6 Å². The molecule has 0 saturated heterocycles. The van der Waals surface area contributed by atoms with Gasteiger partial charge in [0, 0.05) is 13.2 Å². The number of hydrogen-bond acceptors (Lipinski definition) is 4. The van der Waals surface area contributed by atoms with E-state index in [9.17, 15) is 13.5 Å². The van der Waals surface area contributed by atoms with E-state index in [1.807, 2.05) is 13.8 Å². The highest BCUT2D eigenvalue weighted by atomic mass is 32.2. The quantitative estimate of drug-likeness (QED) is 0.820. The number of sulfonamides is 1. The Morgan fingerprint density at radius 3 is 2.56 bits per heavy atom. The number of rotatable bonds is 6. The number of phenols is 1. The second-order valence-corrected chi connectivity index (χ2v) is 6.14. The van der Waals surface area contributed by atoms with Crippen molar-refractivity contribution in [2.75, 3.05) is 13.7 Å². The van der Waals surface area contributed by atoms with Crippen LogP contribution in [0, 0.1) is 5.92 Å². The molecule has 5 nitrogen and oxygen atoms in total. The van der Waals surface area contributed by atoms with Crippen LogP contribution in [0.15, 0.2) is 29.2 Å². The summed E-state index contributed by atoms with van der Waals surface area (Å²) in [7, 11) is -2.11. The van der Waals surface area contributed by atoms with Gasteiger partial charge in [0.15, 0.2) is 0 Å². The Morgan fingerprint density at radius 1 is 1.39 bits per heavy atom. The third-order valence-electron chi connectivity index (χ3n) is 2.59. The molecule has 0 bridgehead atoms. The van der Waals surface area contributed by atoms with Crippen LogP contribution in [0.3, 0.4) is 0 Å². The van der Waals surface area contributed by atoms with E-state index in [1.165, 1.54) is 31.4 Å². The van der Waals surface area contributed by atoms with Crippen molar-refractivity contribution in [3.05, 3.63) is 24.3 Å². The molecule has 1 unspecified atom stereocenters. The Hall–Kier alpha value is -1.11. The van der Waals surface area contributed by atoms with Gasteiger partial charge >= 0.3 is 0 Å². The molecule has 0 radical (unpaired) electrons. The summed E-state index contributed by atoms with van der Waals surface area (Å²) in [5.74, 6) is 0.0303. The van der Waals surface area contributed by atoms with Crippen LogP contribution in [-0.2, 0) is 14.8 Å². The van der Waals surface area contributed by atoms with Crippen molar-refractivity contribution in [3.63, 3.8) is 0 Å². The molecule has 18 heavy (non-hydrogen) atoms. The first kappa shape index (κ1) is 14.9. The van der Waals surface area contributed by atoms with Crippen molar-refractivity contribution in [1.82, 2.24) is 4.72 Å². The molecular weight excluding hydrogens is 254 g/mol. The van der Waals surface area contributed by atoms with E-state index in [0.29, 0.717) is 6.61 Å². The molecule has 0 heterocycles. The molecular formula is C12H19NO4S. The molecule has 0 spiro atoms. The van der Waals surface area contributed by atoms with Gasteiger partial charge in [-0.3, -0.25) is 0 Å². The first-order valence-corrected chi connectivity index (χ1v) is 7.15. The minimum atomic E-state index is -3.64. The molecule has 0 amide bonds. The lowest BCUT2D eigenvalue weighted by Crippen LogP contribution is -2.41. The monoisotopic (exact) mass is 273 g/mol. The molecule has 1 aromatic rings. The molecule has 102 valence electrons. The molecule has 0 fully saturated rings. The van der Waals surface area contributed by atoms with Crippen molar-refractivity contribution in [1.29, 1.82) is 0 Å². The molecule has 2 N–H and O–H groups in total. The van der Waals surface area contributed by atoms with Gasteiger partial charge in [-0.25, -0.2) is 13.1 Å². The average Bonchev–Trinajstić information content (AvgIpc) is 2.28. The lowest BCUT2D eigenvalue weighted by Gasteiger charge is -2.21. The second-order valence-electron chi connectivity index (χ2n) is 4.42. The standard InChI is InChI=1S/C12H19NO4S/c1-9(2)12(8-17-3)13-18(15,16)11-6-4-5-10(14)7-11/h4-7,9,12-14H,8H2,1-3H3. The lowest BCUT2D eigenvalue weighted by atomic mass is 10.1. The average molecular weight is 273 g/mol. The first-order chi connectivity index (χ1) is 8.36. The molecule has 6 heteroatoms. The van der Waals surface area contributed by atoms with Gasteiger partial charge in [-0.2, -0.15) is 0 Å². The number of phenolic OH excluding ortho intramolecular Hbond substituents is 1. The summed E-state index contributed by atoms with van der Waals surface area (Å²) in [6.07, 6.45) is 0. The Labute approximate surface area is 108 Å². The van der Waals surface area contributed by atoms with Crippen LogP contribution in [0.5, 0.6) is 5.75 Å². The number of benzene rings is 1. The smallest absolute Gasteiger partial charge is 0.241 e. The van der Waals surface area contributed by atoms with Crippen molar-refractivity contribution in [3.8, 4) is 5.75 Å². The van der Waals surface area contributed by atoms with Crippen molar-refractivity contribution in [2.45, 2.75) is 24.8 Å². The maximum absolute atomic E-state index is 12.1. The van der Waals surface area contributed by atoms with Crippen LogP contribution in [-0.4, -0.2) is 33.3 Å². The van der Waals surface area contributed by atoms with Crippen molar-refractivity contribution >= 4 is 10.0 Å². The van der Waals surface area contributed by atoms with Gasteiger partial charge in [0.2, 0.25) is 10.0 Å². The predicted octanol–water partition coefficient (Wildman–Crippen LogP) is 1.34. The molecule has 1 rings (SSSR count). The summed E-state index contributed by atoms with van der Waals surface area (Å²) >= 11 is 0. The van der Waals surface area contributed by atoms with Crippen LogP contribution in [0.4, 0.5) is 0 Å². The Morgan fingerprint density at radius 2 is 2.06 bits per heavy atom. The Bertz CT molecular complexity index is 485. The van der Waals surface area contributed by atoms with Gasteiger partial charge in [-0.15, -0.1) is 0 Å². The van der Waals surface area contributed by atoms with Gasteiger partial charge in [-0.1, -0.05) is 19.9 Å². The van der Waals surface area contributed by atoms with Crippen LogP contribution < -0.4 is 4.72 Å². The fourth-order valence-corrected chi connectivity index (χ4v) is 2.87. The summed E-state index contributed by atoms with van der Waals surface area (Å²) in [5, 5.41) is 9.31. The maximum Gasteiger partial charge on any atom is 0.241 e. The summed E-state index contributed by atoms with van der Waals surface area (Å²) < 4.78 is 31.8. The largest absolute Gasteiger partial charge is 0.508 e. The molecule has 0 aliphatic rings. The summed E-state index contributed by atoms with van der Waals surface area (Å²) in [5.41, 5.74) is 0. The van der Waals surface area contributed by atoms with Crippen LogP contribution in [0.2, 0.25) is 0 Å². The molecule has 0 aromatic heterocycles. The molecule has 1 aromatic carbocycles. The number of nitrogens with one attached hydrogen (secondary N) is 1. The number of methoxy groups -OCH3 is 1. The minimum absolute atomic E-state index is 0.0456. The Kier molecular flexibility index (Phi) is 5.13. The summed E-state index contributed by atoms with van der Waals surface area (Å²) in [4.78, 5) is 0.0456. The second kappa shape index (κ2) is 6.17. The zero-order chi connectivity index (χ0) is 13.8. The van der Waals surface area contributed by atoms with E-state index in [-0.39, 0.29) is 22.6 Å². The van der Waals surface area contributed by atoms with Gasteiger partial charge in [0.1, 0.15) is 5.75 Å². The Balaban J connectivity index is 2.93. The summed E-state index contributed by atoms with van der Waals surface area (Å²) in [6.45, 7) is 4.12. The third-order valence-corrected chi connectivity index (χ3v) is 4.07. The van der Waals surface area contributed by atoms with E-state index >= 15 is 0 Å². The van der Waals surface area contributed by atoms with Gasteiger partial charge < -0.3 is 9.84 Å². The maximum atomic E-state index is 12.1. The SMILES string of the molecule is COCC(NS(=O)(=O)c1cccc(O)c1)C(C)C. The predicted molar refractivity (Wildman–Crippen MR) is 68.9 cm³/mol. The lowest BCUT2D eigenvalue weighted by molar-refractivity contribution is 0.157. The number of aromatic hydroxyl groups is 1. The van der Waals surface area contributed by atoms with Crippen LogP contribution in [0.25, 0.3) is 0 Å². The number of hydrogen-bond donors (Lipinski definition) is 2. The van der Waals surface area contributed by atoms with E-state index in [2.05, 4.69) is 4.72 Å². The van der Waals surface area contributed by atoms with Gasteiger partial charge in [0.05, 0.1) is 11.5 Å². The molecule has 0 aliphatic heterocycles. The normalized spacial score (nSPS) is 13.8. The number of ether oxygens (including phenoxy) is 1. The van der Waals surface area contributed by atoms with E-state index in [4.69, 9.17) is 4.74 Å². The highest BCUT2D eigenvalue weighted by Gasteiger charge is 2.22. The molecule has 1 atom stereocenters. The molecule has 0 saturated carbocycles. The van der Waals surface area contributed by atoms with Crippen LogP contribution >= 0.6 is 0 Å². The summed E-state index contributed by atoms with van der Waals surface area (Å²) in [6, 6.07) is 5.26.